The quantitative estimate of drug-likeness (QED) is 0.811. The molecule has 0 atom stereocenters. The van der Waals surface area contributed by atoms with Crippen LogP contribution in [0, 0.1) is 0 Å². The lowest BCUT2D eigenvalue weighted by Crippen LogP contribution is -2.05. The van der Waals surface area contributed by atoms with Crippen LogP contribution in [0.2, 0.25) is 0 Å². The molecule has 102 valence electrons. The second-order valence-electron chi connectivity index (χ2n) is 4.97. The van der Waals surface area contributed by atoms with Crippen molar-refractivity contribution in [3.63, 3.8) is 0 Å². The van der Waals surface area contributed by atoms with Crippen molar-refractivity contribution in [3.05, 3.63) is 42.2 Å². The van der Waals surface area contributed by atoms with Gasteiger partial charge in [0.1, 0.15) is 5.75 Å². The maximum absolute atomic E-state index is 5.75. The molecule has 0 spiro atoms. The molecule has 2 rings (SSSR count). The van der Waals surface area contributed by atoms with E-state index in [4.69, 9.17) is 10.5 Å². The zero-order valence-electron chi connectivity index (χ0n) is 11.5. The Kier molecular flexibility index (Phi) is 4.44. The summed E-state index contributed by atoms with van der Waals surface area (Å²) < 4.78 is 7.59. The summed E-state index contributed by atoms with van der Waals surface area (Å²) in [6, 6.07) is 8.28. The number of hydrogen-bond donors (Lipinski definition) is 1. The Morgan fingerprint density at radius 3 is 2.89 bits per heavy atom. The minimum absolute atomic E-state index is 0.524. The smallest absolute Gasteiger partial charge is 0.119 e. The van der Waals surface area contributed by atoms with Crippen LogP contribution in [0.15, 0.2) is 36.7 Å². The number of nitrogen functional groups attached to an aromatic ring is 1. The van der Waals surface area contributed by atoms with Crippen molar-refractivity contribution in [1.29, 1.82) is 0 Å². The molecule has 0 saturated carbocycles. The number of aryl methyl sites for hydroxylation is 1. The molecule has 0 fully saturated rings. The second-order valence-corrected chi connectivity index (χ2v) is 4.97. The number of hydrogen-bond acceptors (Lipinski definition) is 3. The summed E-state index contributed by atoms with van der Waals surface area (Å²) in [5.41, 5.74) is 7.61. The molecule has 0 bridgehead atoms. The van der Waals surface area contributed by atoms with Crippen LogP contribution in [0.5, 0.6) is 5.75 Å². The first-order chi connectivity index (χ1) is 9.15. The van der Waals surface area contributed by atoms with E-state index >= 15 is 0 Å². The molecule has 2 N–H and O–H groups in total. The highest BCUT2D eigenvalue weighted by atomic mass is 16.5. The summed E-state index contributed by atoms with van der Waals surface area (Å²) in [7, 11) is 0. The number of aromatic nitrogens is 2. The number of nitrogens with two attached hydrogens (primary N) is 1. The van der Waals surface area contributed by atoms with Gasteiger partial charge in [-0.15, -0.1) is 0 Å². The van der Waals surface area contributed by atoms with Crippen LogP contribution in [0.4, 0.5) is 5.69 Å². The van der Waals surface area contributed by atoms with Crippen molar-refractivity contribution in [2.24, 2.45) is 0 Å². The van der Waals surface area contributed by atoms with Gasteiger partial charge in [0.15, 0.2) is 0 Å². The highest BCUT2D eigenvalue weighted by molar-refractivity contribution is 5.31. The van der Waals surface area contributed by atoms with Crippen molar-refractivity contribution < 1.29 is 4.74 Å². The lowest BCUT2D eigenvalue weighted by molar-refractivity contribution is 0.298. The minimum atomic E-state index is 0.524. The fourth-order valence-electron chi connectivity index (χ4n) is 1.88. The van der Waals surface area contributed by atoms with Gasteiger partial charge in [-0.1, -0.05) is 26.0 Å². The number of ether oxygens (including phenoxy) is 1. The van der Waals surface area contributed by atoms with Gasteiger partial charge in [-0.3, -0.25) is 4.68 Å². The monoisotopic (exact) mass is 259 g/mol. The number of rotatable bonds is 6. The Morgan fingerprint density at radius 2 is 2.21 bits per heavy atom. The van der Waals surface area contributed by atoms with E-state index in [-0.39, 0.29) is 0 Å². The second kappa shape index (κ2) is 6.27. The average Bonchev–Trinajstić information content (AvgIpc) is 2.81. The van der Waals surface area contributed by atoms with E-state index in [1.54, 1.807) is 6.20 Å². The van der Waals surface area contributed by atoms with E-state index in [0.29, 0.717) is 18.2 Å². The van der Waals surface area contributed by atoms with Crippen LogP contribution >= 0.6 is 0 Å². The predicted molar refractivity (Wildman–Crippen MR) is 77.3 cm³/mol. The lowest BCUT2D eigenvalue weighted by Gasteiger charge is -2.10. The van der Waals surface area contributed by atoms with Crippen molar-refractivity contribution >= 4 is 5.69 Å². The topological polar surface area (TPSA) is 53.1 Å². The largest absolute Gasteiger partial charge is 0.494 e. The maximum atomic E-state index is 5.75. The van der Waals surface area contributed by atoms with Crippen LogP contribution in [-0.2, 0) is 6.54 Å². The first-order valence-corrected chi connectivity index (χ1v) is 6.66. The Morgan fingerprint density at radius 1 is 1.37 bits per heavy atom. The Balaban J connectivity index is 1.78. The van der Waals surface area contributed by atoms with Crippen LogP contribution in [0.25, 0.3) is 0 Å². The molecule has 0 aliphatic heterocycles. The molecule has 1 aromatic heterocycles. The summed E-state index contributed by atoms with van der Waals surface area (Å²) in [5, 5.41) is 4.13. The third kappa shape index (κ3) is 4.02. The normalized spacial score (nSPS) is 10.9. The van der Waals surface area contributed by atoms with Gasteiger partial charge in [-0.05, 0) is 23.6 Å². The van der Waals surface area contributed by atoms with Gasteiger partial charge >= 0.3 is 0 Å². The van der Waals surface area contributed by atoms with E-state index < -0.39 is 0 Å². The highest BCUT2D eigenvalue weighted by Gasteiger charge is 2.01. The van der Waals surface area contributed by atoms with Gasteiger partial charge in [-0.25, -0.2) is 0 Å². The standard InChI is InChI=1S/C15H21N3O/c1-12(2)13-5-3-6-15(9-13)19-8-4-7-18-11-14(16)10-17-18/h3,5-6,9-12H,4,7-8,16H2,1-2H3. The molecule has 4 nitrogen and oxygen atoms in total. The summed E-state index contributed by atoms with van der Waals surface area (Å²) in [6.45, 7) is 5.87. The van der Waals surface area contributed by atoms with E-state index in [2.05, 4.69) is 31.1 Å². The molecular formula is C15H21N3O. The van der Waals surface area contributed by atoms with Crippen LogP contribution in [0.3, 0.4) is 0 Å². The van der Waals surface area contributed by atoms with E-state index in [1.165, 1.54) is 5.56 Å². The van der Waals surface area contributed by atoms with Gasteiger partial charge < -0.3 is 10.5 Å². The molecule has 0 aliphatic carbocycles. The van der Waals surface area contributed by atoms with Gasteiger partial charge in [0, 0.05) is 19.2 Å². The summed E-state index contributed by atoms with van der Waals surface area (Å²) >= 11 is 0. The van der Waals surface area contributed by atoms with Crippen molar-refractivity contribution in [3.8, 4) is 5.75 Å². The highest BCUT2D eigenvalue weighted by Crippen LogP contribution is 2.20. The van der Waals surface area contributed by atoms with Gasteiger partial charge in [-0.2, -0.15) is 5.10 Å². The van der Waals surface area contributed by atoms with Crippen molar-refractivity contribution in [2.45, 2.75) is 32.7 Å². The summed E-state index contributed by atoms with van der Waals surface area (Å²) in [6.07, 6.45) is 4.40. The lowest BCUT2D eigenvalue weighted by atomic mass is 10.0. The van der Waals surface area contributed by atoms with Gasteiger partial charge in [0.05, 0.1) is 18.5 Å². The Labute approximate surface area is 114 Å². The Hall–Kier alpha value is -1.97. The van der Waals surface area contributed by atoms with Crippen molar-refractivity contribution in [1.82, 2.24) is 9.78 Å². The molecule has 4 heteroatoms. The molecule has 1 aromatic carbocycles. The zero-order chi connectivity index (χ0) is 13.7. The number of anilines is 1. The molecule has 0 amide bonds. The molecule has 0 aliphatic rings. The molecule has 1 heterocycles. The van der Waals surface area contributed by atoms with Gasteiger partial charge in [0.2, 0.25) is 0 Å². The van der Waals surface area contributed by atoms with E-state index in [9.17, 15) is 0 Å². The van der Waals surface area contributed by atoms with Crippen LogP contribution in [-0.4, -0.2) is 16.4 Å². The minimum Gasteiger partial charge on any atom is -0.494 e. The van der Waals surface area contributed by atoms with Crippen LogP contribution in [0.1, 0.15) is 31.7 Å². The summed E-state index contributed by atoms with van der Waals surface area (Å²) in [4.78, 5) is 0. The third-order valence-corrected chi connectivity index (χ3v) is 2.98. The van der Waals surface area contributed by atoms with Crippen LogP contribution < -0.4 is 10.5 Å². The zero-order valence-corrected chi connectivity index (χ0v) is 11.5. The average molecular weight is 259 g/mol. The van der Waals surface area contributed by atoms with Gasteiger partial charge in [0.25, 0.3) is 0 Å². The summed E-state index contributed by atoms with van der Waals surface area (Å²) in [5.74, 6) is 1.46. The number of benzene rings is 1. The molecule has 2 aromatic rings. The first kappa shape index (κ1) is 13.5. The molecular weight excluding hydrogens is 238 g/mol. The Bertz CT molecular complexity index is 520. The molecule has 19 heavy (non-hydrogen) atoms. The SMILES string of the molecule is CC(C)c1cccc(OCCCn2cc(N)cn2)c1. The van der Waals surface area contributed by atoms with E-state index in [0.717, 1.165) is 18.7 Å². The number of nitrogens with zero attached hydrogens (tertiary/aromatic N) is 2. The molecule has 0 saturated heterocycles. The molecule has 0 radical (unpaired) electrons. The van der Waals surface area contributed by atoms with Crippen molar-refractivity contribution in [2.75, 3.05) is 12.3 Å². The van der Waals surface area contributed by atoms with E-state index in [1.807, 2.05) is 23.0 Å². The fraction of sp³-hybridized carbons (Fsp3) is 0.400. The third-order valence-electron chi connectivity index (χ3n) is 2.98. The fourth-order valence-corrected chi connectivity index (χ4v) is 1.88. The maximum Gasteiger partial charge on any atom is 0.119 e. The molecule has 0 unspecified atom stereocenters. The first-order valence-electron chi connectivity index (χ1n) is 6.66. The predicted octanol–water partition coefficient (Wildman–Crippen LogP) is 3.06.